The Hall–Kier alpha value is -2.39. The molecule has 0 saturated carbocycles. The molecule has 0 saturated heterocycles. The predicted octanol–water partition coefficient (Wildman–Crippen LogP) is 3.33. The molecule has 0 aliphatic carbocycles. The van der Waals surface area contributed by atoms with Gasteiger partial charge in [-0.3, -0.25) is 4.79 Å². The van der Waals surface area contributed by atoms with Crippen LogP contribution in [0.25, 0.3) is 11.5 Å². The van der Waals surface area contributed by atoms with Crippen LogP contribution >= 0.6 is 27.7 Å². The highest BCUT2D eigenvalue weighted by Gasteiger charge is 2.11. The van der Waals surface area contributed by atoms with Crippen LogP contribution in [0.15, 0.2) is 56.7 Å². The summed E-state index contributed by atoms with van der Waals surface area (Å²) < 4.78 is 6.32. The van der Waals surface area contributed by atoms with Crippen molar-refractivity contribution in [3.63, 3.8) is 0 Å². The predicted molar refractivity (Wildman–Crippen MR) is 92.7 cm³/mol. The Labute approximate surface area is 149 Å². The van der Waals surface area contributed by atoms with E-state index in [0.717, 1.165) is 16.2 Å². The Balaban J connectivity index is 1.56. The highest BCUT2D eigenvalue weighted by molar-refractivity contribution is 9.10. The summed E-state index contributed by atoms with van der Waals surface area (Å²) in [4.78, 5) is 15.9. The monoisotopic (exact) mass is 406 g/mol. The summed E-state index contributed by atoms with van der Waals surface area (Å²) in [6, 6.07) is 9.89. The second-order valence-corrected chi connectivity index (χ2v) is 6.46. The van der Waals surface area contributed by atoms with E-state index in [9.17, 15) is 9.90 Å². The van der Waals surface area contributed by atoms with Crippen molar-refractivity contribution >= 4 is 39.4 Å². The zero-order valence-corrected chi connectivity index (χ0v) is 14.5. The summed E-state index contributed by atoms with van der Waals surface area (Å²) in [7, 11) is 0. The van der Waals surface area contributed by atoms with Crippen molar-refractivity contribution in [1.29, 1.82) is 0 Å². The molecule has 1 aromatic carbocycles. The van der Waals surface area contributed by atoms with Gasteiger partial charge in [-0.15, -0.1) is 10.2 Å². The second-order valence-electron chi connectivity index (χ2n) is 4.62. The summed E-state index contributed by atoms with van der Waals surface area (Å²) in [6.07, 6.45) is 1.60. The number of halogens is 1. The van der Waals surface area contributed by atoms with E-state index >= 15 is 0 Å². The molecule has 3 rings (SSSR count). The normalized spacial score (nSPS) is 10.5. The highest BCUT2D eigenvalue weighted by Crippen LogP contribution is 2.24. The van der Waals surface area contributed by atoms with Gasteiger partial charge >= 0.3 is 0 Å². The van der Waals surface area contributed by atoms with Gasteiger partial charge in [0.25, 0.3) is 5.22 Å². The lowest BCUT2D eigenvalue weighted by Gasteiger charge is -2.02. The molecule has 0 unspecified atom stereocenters. The molecule has 3 aromatic rings. The maximum absolute atomic E-state index is 11.9. The number of aromatic nitrogens is 3. The molecule has 9 heteroatoms. The lowest BCUT2D eigenvalue weighted by atomic mass is 10.2. The molecule has 7 nitrogen and oxygen atoms in total. The minimum atomic E-state index is -0.223. The van der Waals surface area contributed by atoms with Gasteiger partial charge < -0.3 is 14.8 Å². The van der Waals surface area contributed by atoms with E-state index in [2.05, 4.69) is 36.4 Å². The Kier molecular flexibility index (Phi) is 5.11. The fourth-order valence-corrected chi connectivity index (χ4v) is 2.54. The Bertz CT molecular complexity index is 837. The zero-order chi connectivity index (χ0) is 16.9. The van der Waals surface area contributed by atoms with Crippen LogP contribution in [0.1, 0.15) is 0 Å². The van der Waals surface area contributed by atoms with E-state index in [1.165, 1.54) is 12.1 Å². The van der Waals surface area contributed by atoms with E-state index < -0.39 is 0 Å². The first-order chi connectivity index (χ1) is 11.6. The lowest BCUT2D eigenvalue weighted by Crippen LogP contribution is -2.14. The molecule has 0 fully saturated rings. The zero-order valence-electron chi connectivity index (χ0n) is 12.1. The first-order valence-corrected chi connectivity index (χ1v) is 8.55. The quantitative estimate of drug-likeness (QED) is 0.626. The van der Waals surface area contributed by atoms with Crippen LogP contribution in [0.5, 0.6) is 5.75 Å². The lowest BCUT2D eigenvalue weighted by molar-refractivity contribution is -0.113. The Morgan fingerprint density at radius 2 is 2.00 bits per heavy atom. The fraction of sp³-hybridized carbons (Fsp3) is 0.0667. The smallest absolute Gasteiger partial charge is 0.277 e. The van der Waals surface area contributed by atoms with Gasteiger partial charge in [0.05, 0.1) is 5.75 Å². The van der Waals surface area contributed by atoms with Gasteiger partial charge in [0.1, 0.15) is 11.6 Å². The third-order valence-electron chi connectivity index (χ3n) is 2.84. The average molecular weight is 407 g/mol. The van der Waals surface area contributed by atoms with Crippen molar-refractivity contribution in [3.05, 3.63) is 47.1 Å². The number of phenolic OH excluding ortho intramolecular Hbond substituents is 1. The number of hydrogen-bond donors (Lipinski definition) is 2. The number of amides is 1. The van der Waals surface area contributed by atoms with Crippen molar-refractivity contribution in [2.24, 2.45) is 0 Å². The number of carbonyl (C=O) groups is 1. The third-order valence-corrected chi connectivity index (χ3v) is 4.13. The van der Waals surface area contributed by atoms with Gasteiger partial charge in [0.2, 0.25) is 11.8 Å². The number of nitrogens with one attached hydrogen (secondary N) is 1. The van der Waals surface area contributed by atoms with Crippen molar-refractivity contribution in [3.8, 4) is 17.2 Å². The highest BCUT2D eigenvalue weighted by atomic mass is 79.9. The van der Waals surface area contributed by atoms with Crippen molar-refractivity contribution in [2.45, 2.75) is 5.22 Å². The number of nitrogens with zero attached hydrogens (tertiary/aromatic N) is 3. The molecule has 0 aliphatic rings. The Morgan fingerprint density at radius 1 is 1.21 bits per heavy atom. The topological polar surface area (TPSA) is 101 Å². The molecule has 122 valence electrons. The van der Waals surface area contributed by atoms with Crippen LogP contribution in [0, 0.1) is 0 Å². The number of rotatable bonds is 5. The molecule has 0 spiro atoms. The van der Waals surface area contributed by atoms with Crippen molar-refractivity contribution in [2.75, 3.05) is 11.1 Å². The van der Waals surface area contributed by atoms with Crippen LogP contribution in [0.2, 0.25) is 0 Å². The molecule has 24 heavy (non-hydrogen) atoms. The minimum absolute atomic E-state index is 0.120. The number of carbonyl (C=O) groups excluding carboxylic acids is 1. The number of phenols is 1. The van der Waals surface area contributed by atoms with Gasteiger partial charge in [-0.1, -0.05) is 11.8 Å². The number of benzene rings is 1. The molecule has 2 aromatic heterocycles. The summed E-state index contributed by atoms with van der Waals surface area (Å²) in [5.41, 5.74) is 0.690. The van der Waals surface area contributed by atoms with Crippen molar-refractivity contribution in [1.82, 2.24) is 15.2 Å². The summed E-state index contributed by atoms with van der Waals surface area (Å²) >= 11 is 4.41. The molecule has 0 radical (unpaired) electrons. The summed E-state index contributed by atoms with van der Waals surface area (Å²) in [5, 5.41) is 20.0. The molecule has 0 bridgehead atoms. The molecule has 0 aliphatic heterocycles. The number of hydrogen-bond acceptors (Lipinski definition) is 7. The fourth-order valence-electron chi connectivity index (χ4n) is 1.74. The maximum atomic E-state index is 11.9. The SMILES string of the molecule is O=C(CSc1nnc(-c2ccc(O)cc2)o1)Nc1ccc(Br)cn1. The maximum Gasteiger partial charge on any atom is 0.277 e. The third kappa shape index (κ3) is 4.33. The van der Waals surface area contributed by atoms with E-state index in [1.54, 1.807) is 30.5 Å². The van der Waals surface area contributed by atoms with Gasteiger partial charge in [0.15, 0.2) is 0 Å². The summed E-state index contributed by atoms with van der Waals surface area (Å²) in [6.45, 7) is 0. The van der Waals surface area contributed by atoms with Gasteiger partial charge in [-0.05, 0) is 52.3 Å². The van der Waals surface area contributed by atoms with Gasteiger partial charge in [0, 0.05) is 16.2 Å². The Morgan fingerprint density at radius 3 is 2.71 bits per heavy atom. The average Bonchev–Trinajstić information content (AvgIpc) is 3.05. The van der Waals surface area contributed by atoms with Crippen LogP contribution in [0.3, 0.4) is 0 Å². The number of pyridine rings is 1. The molecule has 2 heterocycles. The molecule has 1 amide bonds. The van der Waals surface area contributed by atoms with E-state index in [4.69, 9.17) is 4.42 Å². The molecule has 0 atom stereocenters. The van der Waals surface area contributed by atoms with Crippen LogP contribution < -0.4 is 5.32 Å². The van der Waals surface area contributed by atoms with E-state index in [-0.39, 0.29) is 22.6 Å². The first kappa shape index (κ1) is 16.5. The summed E-state index contributed by atoms with van der Waals surface area (Å²) in [5.74, 6) is 0.853. The standard InChI is InChI=1S/C15H11BrN4O3S/c16-10-3-6-12(17-7-10)18-13(22)8-24-15-20-19-14(23-15)9-1-4-11(21)5-2-9/h1-7,21H,8H2,(H,17,18,22). The van der Waals surface area contributed by atoms with Crippen molar-refractivity contribution < 1.29 is 14.3 Å². The molecule has 2 N–H and O–H groups in total. The van der Waals surface area contributed by atoms with Gasteiger partial charge in [-0.2, -0.15) is 0 Å². The number of anilines is 1. The van der Waals surface area contributed by atoms with E-state index in [0.29, 0.717) is 17.3 Å². The molecular formula is C15H11BrN4O3S. The van der Waals surface area contributed by atoms with Crippen LogP contribution in [-0.2, 0) is 4.79 Å². The first-order valence-electron chi connectivity index (χ1n) is 6.77. The minimum Gasteiger partial charge on any atom is -0.508 e. The van der Waals surface area contributed by atoms with Crippen LogP contribution in [-0.4, -0.2) is 31.9 Å². The van der Waals surface area contributed by atoms with Crippen LogP contribution in [0.4, 0.5) is 5.82 Å². The number of thioether (sulfide) groups is 1. The van der Waals surface area contributed by atoms with E-state index in [1.807, 2.05) is 0 Å². The largest absolute Gasteiger partial charge is 0.508 e. The van der Waals surface area contributed by atoms with Gasteiger partial charge in [-0.25, -0.2) is 4.98 Å². The molecular weight excluding hydrogens is 396 g/mol. The number of aromatic hydroxyl groups is 1. The second kappa shape index (κ2) is 7.45.